The summed E-state index contributed by atoms with van der Waals surface area (Å²) < 4.78 is 1.87. The molecular formula is C13H22N4O. The lowest BCUT2D eigenvalue weighted by Gasteiger charge is -2.20. The predicted molar refractivity (Wildman–Crippen MR) is 70.2 cm³/mol. The topological polar surface area (TPSA) is 50.2 Å². The van der Waals surface area contributed by atoms with E-state index in [0.29, 0.717) is 12.6 Å². The third-order valence-corrected chi connectivity index (χ3v) is 3.41. The summed E-state index contributed by atoms with van der Waals surface area (Å²) in [7, 11) is 1.94. The van der Waals surface area contributed by atoms with E-state index in [1.807, 2.05) is 29.6 Å². The van der Waals surface area contributed by atoms with Gasteiger partial charge >= 0.3 is 0 Å². The molecule has 1 aromatic heterocycles. The van der Waals surface area contributed by atoms with Crippen LogP contribution in [0.5, 0.6) is 0 Å². The Kier molecular flexibility index (Phi) is 4.36. The van der Waals surface area contributed by atoms with Crippen molar-refractivity contribution in [3.8, 4) is 0 Å². The van der Waals surface area contributed by atoms with Crippen LogP contribution in [-0.4, -0.2) is 46.3 Å². The zero-order valence-electron chi connectivity index (χ0n) is 11.2. The molecule has 2 rings (SSSR count). The third kappa shape index (κ3) is 3.32. The van der Waals surface area contributed by atoms with E-state index < -0.39 is 0 Å². The predicted octanol–water partition coefficient (Wildman–Crippen LogP) is 0.563. The first-order valence-corrected chi connectivity index (χ1v) is 6.69. The Morgan fingerprint density at radius 1 is 1.61 bits per heavy atom. The van der Waals surface area contributed by atoms with Gasteiger partial charge in [0.15, 0.2) is 0 Å². The van der Waals surface area contributed by atoms with Crippen molar-refractivity contribution in [3.05, 3.63) is 18.0 Å². The average Bonchev–Trinajstić information content (AvgIpc) is 3.10. The summed E-state index contributed by atoms with van der Waals surface area (Å²) in [5.41, 5.74) is 1.18. The van der Waals surface area contributed by atoms with Gasteiger partial charge in [-0.05, 0) is 25.8 Å². The van der Waals surface area contributed by atoms with Crippen LogP contribution in [0.15, 0.2) is 12.3 Å². The molecule has 0 spiro atoms. The van der Waals surface area contributed by atoms with E-state index in [9.17, 15) is 4.79 Å². The van der Waals surface area contributed by atoms with Crippen LogP contribution in [0.25, 0.3) is 0 Å². The minimum absolute atomic E-state index is 0.227. The highest BCUT2D eigenvalue weighted by atomic mass is 16.2. The second-order valence-electron chi connectivity index (χ2n) is 4.78. The van der Waals surface area contributed by atoms with E-state index in [1.54, 1.807) is 6.20 Å². The number of amides is 1. The molecule has 100 valence electrons. The molecule has 1 aliphatic rings. The second-order valence-corrected chi connectivity index (χ2v) is 4.78. The maximum atomic E-state index is 11.9. The monoisotopic (exact) mass is 250 g/mol. The van der Waals surface area contributed by atoms with E-state index in [4.69, 9.17) is 0 Å². The molecule has 0 bridgehead atoms. The van der Waals surface area contributed by atoms with Crippen molar-refractivity contribution in [1.29, 1.82) is 0 Å². The van der Waals surface area contributed by atoms with Gasteiger partial charge in [-0.15, -0.1) is 0 Å². The SMILES string of the molecule is CCN(C(=O)CNCCc1ccnn1C)C1CC1. The van der Waals surface area contributed by atoms with Crippen LogP contribution in [0, 0.1) is 0 Å². The molecule has 1 saturated carbocycles. The molecule has 1 fully saturated rings. The molecule has 1 amide bonds. The van der Waals surface area contributed by atoms with Crippen LogP contribution in [0.4, 0.5) is 0 Å². The molecular weight excluding hydrogens is 228 g/mol. The van der Waals surface area contributed by atoms with Crippen molar-refractivity contribution in [2.24, 2.45) is 7.05 Å². The molecule has 5 nitrogen and oxygen atoms in total. The van der Waals surface area contributed by atoms with E-state index in [2.05, 4.69) is 10.4 Å². The van der Waals surface area contributed by atoms with E-state index >= 15 is 0 Å². The molecule has 0 saturated heterocycles. The van der Waals surface area contributed by atoms with E-state index in [-0.39, 0.29) is 5.91 Å². The number of nitrogens with zero attached hydrogens (tertiary/aromatic N) is 3. The summed E-state index contributed by atoms with van der Waals surface area (Å²) in [5, 5.41) is 7.33. The van der Waals surface area contributed by atoms with Gasteiger partial charge in [0.2, 0.25) is 5.91 Å². The molecule has 18 heavy (non-hydrogen) atoms. The van der Waals surface area contributed by atoms with Crippen LogP contribution >= 0.6 is 0 Å². The van der Waals surface area contributed by atoms with Crippen LogP contribution in [-0.2, 0) is 18.3 Å². The number of carbonyl (C=O) groups is 1. The Labute approximate surface area is 108 Å². The number of aryl methyl sites for hydroxylation is 1. The standard InChI is InChI=1S/C13H22N4O/c1-3-17(12-4-5-12)13(18)10-14-8-6-11-7-9-15-16(11)2/h7,9,12,14H,3-6,8,10H2,1-2H3. The lowest BCUT2D eigenvalue weighted by atomic mass is 10.3. The van der Waals surface area contributed by atoms with Gasteiger partial charge in [-0.3, -0.25) is 9.48 Å². The Morgan fingerprint density at radius 2 is 2.39 bits per heavy atom. The van der Waals surface area contributed by atoms with E-state index in [1.165, 1.54) is 18.5 Å². The molecule has 1 heterocycles. The first-order valence-electron chi connectivity index (χ1n) is 6.69. The quantitative estimate of drug-likeness (QED) is 0.720. The largest absolute Gasteiger partial charge is 0.339 e. The van der Waals surface area contributed by atoms with Crippen molar-refractivity contribution >= 4 is 5.91 Å². The van der Waals surface area contributed by atoms with Crippen molar-refractivity contribution in [2.75, 3.05) is 19.6 Å². The van der Waals surface area contributed by atoms with Crippen LogP contribution in [0.2, 0.25) is 0 Å². The second kappa shape index (κ2) is 6.00. The molecule has 1 aromatic rings. The molecule has 5 heteroatoms. The smallest absolute Gasteiger partial charge is 0.236 e. The van der Waals surface area contributed by atoms with Crippen molar-refractivity contribution in [3.63, 3.8) is 0 Å². The Morgan fingerprint density at radius 3 is 2.94 bits per heavy atom. The highest BCUT2D eigenvalue weighted by molar-refractivity contribution is 5.78. The zero-order chi connectivity index (χ0) is 13.0. The highest BCUT2D eigenvalue weighted by Gasteiger charge is 2.30. The van der Waals surface area contributed by atoms with Gasteiger partial charge in [0.25, 0.3) is 0 Å². The lowest BCUT2D eigenvalue weighted by molar-refractivity contribution is -0.130. The van der Waals surface area contributed by atoms with Crippen molar-refractivity contribution < 1.29 is 4.79 Å². The van der Waals surface area contributed by atoms with Gasteiger partial charge in [-0.1, -0.05) is 0 Å². The van der Waals surface area contributed by atoms with Gasteiger partial charge in [0.05, 0.1) is 6.54 Å². The first-order chi connectivity index (χ1) is 8.72. The molecule has 0 radical (unpaired) electrons. The van der Waals surface area contributed by atoms with Crippen molar-refractivity contribution in [1.82, 2.24) is 20.0 Å². The molecule has 0 atom stereocenters. The maximum absolute atomic E-state index is 11.9. The minimum Gasteiger partial charge on any atom is -0.339 e. The van der Waals surface area contributed by atoms with Crippen LogP contribution in [0.3, 0.4) is 0 Å². The van der Waals surface area contributed by atoms with Gasteiger partial charge in [0, 0.05) is 44.5 Å². The fraction of sp³-hybridized carbons (Fsp3) is 0.692. The summed E-state index contributed by atoms with van der Waals surface area (Å²) >= 11 is 0. The molecule has 1 aliphatic carbocycles. The van der Waals surface area contributed by atoms with E-state index in [0.717, 1.165) is 19.5 Å². The zero-order valence-corrected chi connectivity index (χ0v) is 11.2. The summed E-state index contributed by atoms with van der Waals surface area (Å²) in [6.45, 7) is 4.13. The fourth-order valence-electron chi connectivity index (χ4n) is 2.18. The lowest BCUT2D eigenvalue weighted by Crippen LogP contribution is -2.40. The molecule has 0 aliphatic heterocycles. The van der Waals surface area contributed by atoms with Gasteiger partial charge in [0.1, 0.15) is 0 Å². The Balaban J connectivity index is 1.65. The van der Waals surface area contributed by atoms with Crippen LogP contribution in [0.1, 0.15) is 25.5 Å². The summed E-state index contributed by atoms with van der Waals surface area (Å²) in [4.78, 5) is 13.9. The van der Waals surface area contributed by atoms with Gasteiger partial charge in [-0.2, -0.15) is 5.10 Å². The average molecular weight is 250 g/mol. The number of likely N-dealkylation sites (N-methyl/N-ethyl adjacent to an activating group) is 1. The van der Waals surface area contributed by atoms with Crippen LogP contribution < -0.4 is 5.32 Å². The summed E-state index contributed by atoms with van der Waals surface area (Å²) in [6.07, 6.45) is 5.05. The molecule has 0 aromatic carbocycles. The normalized spacial score (nSPS) is 14.8. The number of hydrogen-bond acceptors (Lipinski definition) is 3. The van der Waals surface area contributed by atoms with Gasteiger partial charge < -0.3 is 10.2 Å². The fourth-order valence-corrected chi connectivity index (χ4v) is 2.18. The Bertz CT molecular complexity index is 397. The van der Waals surface area contributed by atoms with Crippen molar-refractivity contribution in [2.45, 2.75) is 32.2 Å². The Hall–Kier alpha value is -1.36. The summed E-state index contributed by atoms with van der Waals surface area (Å²) in [5.74, 6) is 0.227. The number of rotatable bonds is 7. The molecule has 1 N–H and O–H groups in total. The minimum atomic E-state index is 0.227. The third-order valence-electron chi connectivity index (χ3n) is 3.41. The summed E-state index contributed by atoms with van der Waals surface area (Å²) in [6, 6.07) is 2.52. The molecule has 0 unspecified atom stereocenters. The highest BCUT2D eigenvalue weighted by Crippen LogP contribution is 2.26. The first kappa shape index (κ1) is 13.1. The number of nitrogens with one attached hydrogen (secondary N) is 1. The number of carbonyl (C=O) groups excluding carboxylic acids is 1. The maximum Gasteiger partial charge on any atom is 0.236 e. The number of aromatic nitrogens is 2. The number of hydrogen-bond donors (Lipinski definition) is 1. The van der Waals surface area contributed by atoms with Gasteiger partial charge in [-0.25, -0.2) is 0 Å².